The van der Waals surface area contributed by atoms with Gasteiger partial charge in [0.05, 0.1) is 24.7 Å². The molecular formula is C14H12N2O2. The van der Waals surface area contributed by atoms with E-state index in [1.54, 1.807) is 19.4 Å². The van der Waals surface area contributed by atoms with Crippen LogP contribution in [0.15, 0.2) is 41.5 Å². The van der Waals surface area contributed by atoms with E-state index < -0.39 is 0 Å². The third-order valence-corrected chi connectivity index (χ3v) is 2.60. The molecule has 0 unspecified atom stereocenters. The zero-order valence-corrected chi connectivity index (χ0v) is 10.2. The standard InChI is InChI=1S/C14H12N2O2/c1-10-7-11(16-9-17)8-15-14(10)12-5-3-4-6-13(12)18-2/h3-8H,1-2H3. The van der Waals surface area contributed by atoms with E-state index in [2.05, 4.69) is 9.98 Å². The maximum atomic E-state index is 10.2. The summed E-state index contributed by atoms with van der Waals surface area (Å²) >= 11 is 0. The van der Waals surface area contributed by atoms with Crippen LogP contribution in [0.4, 0.5) is 5.69 Å². The lowest BCUT2D eigenvalue weighted by molar-refractivity contribution is 0.416. The maximum Gasteiger partial charge on any atom is 0.240 e. The van der Waals surface area contributed by atoms with E-state index in [0.29, 0.717) is 5.69 Å². The van der Waals surface area contributed by atoms with Gasteiger partial charge in [-0.05, 0) is 30.7 Å². The highest BCUT2D eigenvalue weighted by Gasteiger charge is 2.09. The Labute approximate surface area is 105 Å². The minimum absolute atomic E-state index is 0.501. The van der Waals surface area contributed by atoms with Crippen molar-refractivity contribution in [1.29, 1.82) is 0 Å². The number of hydrogen-bond donors (Lipinski definition) is 0. The highest BCUT2D eigenvalue weighted by molar-refractivity contribution is 5.71. The van der Waals surface area contributed by atoms with Gasteiger partial charge >= 0.3 is 0 Å². The summed E-state index contributed by atoms with van der Waals surface area (Å²) in [5.41, 5.74) is 3.16. The van der Waals surface area contributed by atoms with E-state index in [1.165, 1.54) is 6.08 Å². The summed E-state index contributed by atoms with van der Waals surface area (Å²) in [5, 5.41) is 0. The van der Waals surface area contributed by atoms with Gasteiger partial charge in [0.25, 0.3) is 0 Å². The fourth-order valence-corrected chi connectivity index (χ4v) is 1.80. The SMILES string of the molecule is COc1ccccc1-c1ncc(N=C=O)cc1C. The molecule has 1 aromatic carbocycles. The zero-order valence-electron chi connectivity index (χ0n) is 10.2. The molecule has 2 rings (SSSR count). The number of methoxy groups -OCH3 is 1. The molecule has 1 aromatic heterocycles. The van der Waals surface area contributed by atoms with Crippen LogP contribution in [-0.2, 0) is 4.79 Å². The van der Waals surface area contributed by atoms with Crippen LogP contribution in [0.5, 0.6) is 5.75 Å². The molecule has 2 aromatic rings. The van der Waals surface area contributed by atoms with Crippen molar-refractivity contribution in [2.75, 3.05) is 7.11 Å². The lowest BCUT2D eigenvalue weighted by Crippen LogP contribution is -1.92. The van der Waals surface area contributed by atoms with Crippen molar-refractivity contribution in [1.82, 2.24) is 4.98 Å². The summed E-state index contributed by atoms with van der Waals surface area (Å²) in [6, 6.07) is 9.45. The predicted octanol–water partition coefficient (Wildman–Crippen LogP) is 3.03. The Morgan fingerprint density at radius 2 is 2.11 bits per heavy atom. The van der Waals surface area contributed by atoms with Crippen molar-refractivity contribution in [2.24, 2.45) is 4.99 Å². The summed E-state index contributed by atoms with van der Waals surface area (Å²) in [6.07, 6.45) is 3.04. The predicted molar refractivity (Wildman–Crippen MR) is 68.7 cm³/mol. The van der Waals surface area contributed by atoms with Crippen LogP contribution in [0.25, 0.3) is 11.3 Å². The largest absolute Gasteiger partial charge is 0.496 e. The van der Waals surface area contributed by atoms with Crippen molar-refractivity contribution < 1.29 is 9.53 Å². The van der Waals surface area contributed by atoms with Gasteiger partial charge in [0.15, 0.2) is 0 Å². The third-order valence-electron chi connectivity index (χ3n) is 2.60. The lowest BCUT2D eigenvalue weighted by Gasteiger charge is -2.09. The van der Waals surface area contributed by atoms with Gasteiger partial charge in [-0.25, -0.2) is 4.79 Å². The second-order valence-corrected chi connectivity index (χ2v) is 3.76. The number of aryl methyl sites for hydroxylation is 1. The molecule has 0 saturated carbocycles. The number of para-hydroxylation sites is 1. The van der Waals surface area contributed by atoms with E-state index in [1.807, 2.05) is 31.2 Å². The van der Waals surface area contributed by atoms with Gasteiger partial charge in [0.1, 0.15) is 5.75 Å². The molecule has 4 heteroatoms. The summed E-state index contributed by atoms with van der Waals surface area (Å²) in [5.74, 6) is 0.764. The van der Waals surface area contributed by atoms with Crippen LogP contribution in [0.2, 0.25) is 0 Å². The quantitative estimate of drug-likeness (QED) is 0.612. The van der Waals surface area contributed by atoms with Crippen molar-refractivity contribution in [2.45, 2.75) is 6.92 Å². The minimum Gasteiger partial charge on any atom is -0.496 e. The molecule has 0 saturated heterocycles. The molecule has 0 N–H and O–H groups in total. The molecule has 0 aliphatic heterocycles. The Kier molecular flexibility index (Phi) is 3.51. The molecule has 0 aliphatic rings. The molecule has 0 aliphatic carbocycles. The van der Waals surface area contributed by atoms with Crippen LogP contribution < -0.4 is 4.74 Å². The molecule has 0 atom stereocenters. The summed E-state index contributed by atoms with van der Waals surface area (Å²) in [6.45, 7) is 1.92. The number of pyridine rings is 1. The smallest absolute Gasteiger partial charge is 0.240 e. The first-order valence-corrected chi connectivity index (χ1v) is 5.44. The first-order valence-electron chi connectivity index (χ1n) is 5.44. The Morgan fingerprint density at radius 1 is 1.33 bits per heavy atom. The molecule has 0 amide bonds. The molecular weight excluding hydrogens is 228 g/mol. The van der Waals surface area contributed by atoms with Gasteiger partial charge in [0.2, 0.25) is 6.08 Å². The average molecular weight is 240 g/mol. The Balaban J connectivity index is 2.54. The number of aliphatic imine (C=N–C) groups is 1. The monoisotopic (exact) mass is 240 g/mol. The number of isocyanates is 1. The van der Waals surface area contributed by atoms with Crippen LogP contribution in [0.3, 0.4) is 0 Å². The first-order chi connectivity index (χ1) is 8.76. The second kappa shape index (κ2) is 5.25. The van der Waals surface area contributed by atoms with Gasteiger partial charge in [-0.2, -0.15) is 4.99 Å². The number of aromatic nitrogens is 1. The molecule has 0 radical (unpaired) electrons. The summed E-state index contributed by atoms with van der Waals surface area (Å²) < 4.78 is 5.31. The van der Waals surface area contributed by atoms with Gasteiger partial charge in [0, 0.05) is 5.56 Å². The fraction of sp³-hybridized carbons (Fsp3) is 0.143. The Hall–Kier alpha value is -2.45. The topological polar surface area (TPSA) is 51.6 Å². The van der Waals surface area contributed by atoms with Crippen LogP contribution in [0.1, 0.15) is 5.56 Å². The highest BCUT2D eigenvalue weighted by Crippen LogP contribution is 2.31. The minimum atomic E-state index is 0.501. The highest BCUT2D eigenvalue weighted by atomic mass is 16.5. The van der Waals surface area contributed by atoms with Crippen molar-refractivity contribution in [3.8, 4) is 17.0 Å². The van der Waals surface area contributed by atoms with Crippen LogP contribution in [-0.4, -0.2) is 18.2 Å². The van der Waals surface area contributed by atoms with Gasteiger partial charge in [-0.3, -0.25) is 4.98 Å². The maximum absolute atomic E-state index is 10.2. The number of rotatable bonds is 3. The third kappa shape index (κ3) is 2.29. The summed E-state index contributed by atoms with van der Waals surface area (Å²) in [4.78, 5) is 18.1. The average Bonchev–Trinajstić information content (AvgIpc) is 2.39. The van der Waals surface area contributed by atoms with E-state index in [4.69, 9.17) is 4.74 Å². The molecule has 4 nitrogen and oxygen atoms in total. The van der Waals surface area contributed by atoms with Crippen LogP contribution in [0, 0.1) is 6.92 Å². The molecule has 0 spiro atoms. The van der Waals surface area contributed by atoms with Crippen molar-refractivity contribution >= 4 is 11.8 Å². The number of carbonyl (C=O) groups excluding carboxylic acids is 1. The second-order valence-electron chi connectivity index (χ2n) is 3.76. The van der Waals surface area contributed by atoms with Gasteiger partial charge in [-0.1, -0.05) is 12.1 Å². The normalized spacial score (nSPS) is 9.67. The number of benzene rings is 1. The van der Waals surface area contributed by atoms with E-state index in [9.17, 15) is 4.79 Å². The van der Waals surface area contributed by atoms with E-state index in [-0.39, 0.29) is 0 Å². The van der Waals surface area contributed by atoms with Gasteiger partial charge < -0.3 is 4.74 Å². The first kappa shape index (κ1) is 12.0. The number of nitrogens with zero attached hydrogens (tertiary/aromatic N) is 2. The van der Waals surface area contributed by atoms with E-state index >= 15 is 0 Å². The van der Waals surface area contributed by atoms with Gasteiger partial charge in [-0.15, -0.1) is 0 Å². The number of ether oxygens (including phenoxy) is 1. The Bertz CT molecular complexity index is 617. The van der Waals surface area contributed by atoms with Crippen LogP contribution >= 0.6 is 0 Å². The molecule has 1 heterocycles. The molecule has 90 valence electrons. The lowest BCUT2D eigenvalue weighted by atomic mass is 10.1. The Morgan fingerprint density at radius 3 is 2.78 bits per heavy atom. The molecule has 18 heavy (non-hydrogen) atoms. The zero-order chi connectivity index (χ0) is 13.0. The van der Waals surface area contributed by atoms with E-state index in [0.717, 1.165) is 22.6 Å². The molecule has 0 bridgehead atoms. The number of hydrogen-bond acceptors (Lipinski definition) is 4. The summed E-state index contributed by atoms with van der Waals surface area (Å²) in [7, 11) is 1.62. The van der Waals surface area contributed by atoms with Crippen molar-refractivity contribution in [3.05, 3.63) is 42.1 Å². The molecule has 0 fully saturated rings. The van der Waals surface area contributed by atoms with Crippen molar-refractivity contribution in [3.63, 3.8) is 0 Å². The fourth-order valence-electron chi connectivity index (χ4n) is 1.80.